The third kappa shape index (κ3) is 4.70. The van der Waals surface area contributed by atoms with Gasteiger partial charge in [0.15, 0.2) is 10.8 Å². The van der Waals surface area contributed by atoms with Gasteiger partial charge in [-0.1, -0.05) is 0 Å². The lowest BCUT2D eigenvalue weighted by Gasteiger charge is -2.33. The number of aryl methyl sites for hydroxylation is 1. The zero-order chi connectivity index (χ0) is 14.8. The molecule has 0 aromatic carbocycles. The molecule has 1 saturated heterocycles. The molecule has 0 aliphatic carbocycles. The van der Waals surface area contributed by atoms with Crippen molar-refractivity contribution in [1.29, 1.82) is 0 Å². The molecule has 3 rings (SSSR count). The number of halogens is 2. The van der Waals surface area contributed by atoms with E-state index < -0.39 is 0 Å². The van der Waals surface area contributed by atoms with Gasteiger partial charge >= 0.3 is 0 Å². The lowest BCUT2D eigenvalue weighted by atomic mass is 10.2. The molecule has 0 radical (unpaired) electrons. The Morgan fingerprint density at radius 3 is 2.91 bits per heavy atom. The van der Waals surface area contributed by atoms with E-state index >= 15 is 0 Å². The number of furan rings is 1. The number of carbonyl (C=O) groups is 1. The number of nitrogens with one attached hydrogen (secondary N) is 1. The number of hydrogen-bond acceptors (Lipinski definition) is 5. The first-order valence-electron chi connectivity index (χ1n) is 7.15. The molecule has 5 nitrogen and oxygen atoms in total. The quantitative estimate of drug-likeness (QED) is 0.892. The summed E-state index contributed by atoms with van der Waals surface area (Å²) in [6.45, 7) is 6.48. The topological polar surface area (TPSA) is 58.4 Å². The van der Waals surface area contributed by atoms with Crippen LogP contribution in [0.4, 0.5) is 0 Å². The number of nitrogens with zero attached hydrogens (tertiary/aromatic N) is 2. The van der Waals surface area contributed by atoms with Gasteiger partial charge in [-0.25, -0.2) is 4.98 Å². The molecule has 3 heterocycles. The molecule has 1 aliphatic rings. The maximum absolute atomic E-state index is 12.4. The van der Waals surface area contributed by atoms with E-state index in [1.165, 1.54) is 11.3 Å². The number of aromatic nitrogens is 1. The Kier molecular flexibility index (Phi) is 7.54. The Bertz CT molecular complexity index is 644. The molecule has 1 fully saturated rings. The summed E-state index contributed by atoms with van der Waals surface area (Å²) < 4.78 is 5.57. The van der Waals surface area contributed by atoms with Crippen LogP contribution < -0.4 is 5.32 Å². The summed E-state index contributed by atoms with van der Waals surface area (Å²) in [5, 5.41) is 6.07. The predicted molar refractivity (Wildman–Crippen MR) is 96.8 cm³/mol. The number of amides is 1. The second-order valence-corrected chi connectivity index (χ2v) is 6.23. The van der Waals surface area contributed by atoms with Crippen molar-refractivity contribution in [3.63, 3.8) is 0 Å². The minimum atomic E-state index is 0. The standard InChI is InChI=1S/C15H19N3O2S.2ClH/c1-10-8-16-5-6-18(10)14(19)7-12-9-21-15(17-12)13-4-3-11(2)20-13;;/h3-4,9-10,16H,5-8H2,1-2H3;2*1H. The first-order chi connectivity index (χ1) is 10.1. The van der Waals surface area contributed by atoms with Gasteiger partial charge in [0.05, 0.1) is 12.1 Å². The Labute approximate surface area is 152 Å². The average molecular weight is 378 g/mol. The second kappa shape index (κ2) is 8.68. The van der Waals surface area contributed by atoms with E-state index in [4.69, 9.17) is 4.42 Å². The zero-order valence-corrected chi connectivity index (χ0v) is 15.5. The normalized spacial score (nSPS) is 17.3. The van der Waals surface area contributed by atoms with Crippen molar-refractivity contribution in [2.75, 3.05) is 19.6 Å². The van der Waals surface area contributed by atoms with Crippen molar-refractivity contribution >= 4 is 42.1 Å². The van der Waals surface area contributed by atoms with Crippen LogP contribution >= 0.6 is 36.2 Å². The van der Waals surface area contributed by atoms with Crippen molar-refractivity contribution in [2.45, 2.75) is 26.3 Å². The van der Waals surface area contributed by atoms with Gasteiger partial charge in [-0.05, 0) is 26.0 Å². The van der Waals surface area contributed by atoms with Crippen molar-refractivity contribution in [3.05, 3.63) is 29.0 Å². The van der Waals surface area contributed by atoms with Gasteiger partial charge in [-0.3, -0.25) is 4.79 Å². The van der Waals surface area contributed by atoms with Crippen LogP contribution in [0.1, 0.15) is 18.4 Å². The van der Waals surface area contributed by atoms with Crippen molar-refractivity contribution in [2.24, 2.45) is 0 Å². The predicted octanol–water partition coefficient (Wildman–Crippen LogP) is 2.92. The van der Waals surface area contributed by atoms with E-state index in [-0.39, 0.29) is 36.8 Å². The molecule has 2 aromatic heterocycles. The van der Waals surface area contributed by atoms with Crippen LogP contribution in [-0.4, -0.2) is 41.5 Å². The summed E-state index contributed by atoms with van der Waals surface area (Å²) in [6.07, 6.45) is 0.362. The molecule has 1 atom stereocenters. The minimum Gasteiger partial charge on any atom is -0.459 e. The molecule has 128 valence electrons. The molecular weight excluding hydrogens is 357 g/mol. The minimum absolute atomic E-state index is 0. The van der Waals surface area contributed by atoms with Gasteiger partial charge in [0.1, 0.15) is 5.76 Å². The molecule has 1 amide bonds. The van der Waals surface area contributed by atoms with Crippen LogP contribution in [0.5, 0.6) is 0 Å². The maximum Gasteiger partial charge on any atom is 0.228 e. The van der Waals surface area contributed by atoms with Crippen LogP contribution in [0.2, 0.25) is 0 Å². The summed E-state index contributed by atoms with van der Waals surface area (Å²) in [4.78, 5) is 18.8. The first kappa shape index (κ1) is 20.0. The molecule has 0 bridgehead atoms. The molecule has 2 aromatic rings. The van der Waals surface area contributed by atoms with Gasteiger partial charge in [0, 0.05) is 31.1 Å². The van der Waals surface area contributed by atoms with E-state index in [1.807, 2.05) is 29.3 Å². The van der Waals surface area contributed by atoms with Gasteiger partial charge in [-0.15, -0.1) is 36.2 Å². The number of carbonyl (C=O) groups excluding carboxylic acids is 1. The summed E-state index contributed by atoms with van der Waals surface area (Å²) in [6, 6.07) is 4.08. The van der Waals surface area contributed by atoms with E-state index in [1.54, 1.807) is 0 Å². The van der Waals surface area contributed by atoms with E-state index in [0.29, 0.717) is 6.42 Å². The fourth-order valence-corrected chi connectivity index (χ4v) is 3.30. The largest absolute Gasteiger partial charge is 0.459 e. The van der Waals surface area contributed by atoms with Crippen LogP contribution in [0.25, 0.3) is 10.8 Å². The molecule has 23 heavy (non-hydrogen) atoms. The van der Waals surface area contributed by atoms with Crippen LogP contribution in [0.15, 0.2) is 21.9 Å². The van der Waals surface area contributed by atoms with Gasteiger partial charge in [0.25, 0.3) is 0 Å². The molecule has 1 aliphatic heterocycles. The van der Waals surface area contributed by atoms with E-state index in [0.717, 1.165) is 41.9 Å². The van der Waals surface area contributed by atoms with Crippen molar-refractivity contribution in [1.82, 2.24) is 15.2 Å². The van der Waals surface area contributed by atoms with Gasteiger partial charge < -0.3 is 14.6 Å². The van der Waals surface area contributed by atoms with Crippen LogP contribution in [0.3, 0.4) is 0 Å². The van der Waals surface area contributed by atoms with E-state index in [2.05, 4.69) is 17.2 Å². The van der Waals surface area contributed by atoms with Crippen LogP contribution in [0, 0.1) is 6.92 Å². The molecule has 8 heteroatoms. The fraction of sp³-hybridized carbons (Fsp3) is 0.467. The lowest BCUT2D eigenvalue weighted by Crippen LogP contribution is -2.52. The lowest BCUT2D eigenvalue weighted by molar-refractivity contribution is -0.133. The average Bonchev–Trinajstić information content (AvgIpc) is 3.08. The Morgan fingerprint density at radius 2 is 2.26 bits per heavy atom. The maximum atomic E-state index is 12.4. The molecule has 1 unspecified atom stereocenters. The van der Waals surface area contributed by atoms with Gasteiger partial charge in [0.2, 0.25) is 5.91 Å². The fourth-order valence-electron chi connectivity index (χ4n) is 2.52. The first-order valence-corrected chi connectivity index (χ1v) is 8.03. The Morgan fingerprint density at radius 1 is 1.48 bits per heavy atom. The third-order valence-corrected chi connectivity index (χ3v) is 4.56. The number of piperazine rings is 1. The molecule has 0 spiro atoms. The monoisotopic (exact) mass is 377 g/mol. The highest BCUT2D eigenvalue weighted by molar-refractivity contribution is 7.13. The zero-order valence-electron chi connectivity index (χ0n) is 13.1. The molecule has 0 saturated carbocycles. The van der Waals surface area contributed by atoms with Crippen molar-refractivity contribution < 1.29 is 9.21 Å². The third-order valence-electron chi connectivity index (χ3n) is 3.66. The number of hydrogen-bond donors (Lipinski definition) is 1. The molecule has 1 N–H and O–H groups in total. The Balaban J connectivity index is 0.00000132. The van der Waals surface area contributed by atoms with Crippen LogP contribution in [-0.2, 0) is 11.2 Å². The second-order valence-electron chi connectivity index (χ2n) is 5.37. The summed E-state index contributed by atoms with van der Waals surface area (Å²) in [5.41, 5.74) is 0.819. The SMILES string of the molecule is Cc1ccc(-c2nc(CC(=O)N3CCNCC3C)cs2)o1.Cl.Cl. The van der Waals surface area contributed by atoms with Gasteiger partial charge in [-0.2, -0.15) is 0 Å². The summed E-state index contributed by atoms with van der Waals surface area (Å²) >= 11 is 1.52. The summed E-state index contributed by atoms with van der Waals surface area (Å²) in [5.74, 6) is 1.79. The molecular formula is C15H21Cl2N3O2S. The Hall–Kier alpha value is -1.08. The number of thiazole rings is 1. The highest BCUT2D eigenvalue weighted by atomic mass is 35.5. The smallest absolute Gasteiger partial charge is 0.228 e. The summed E-state index contributed by atoms with van der Waals surface area (Å²) in [7, 11) is 0. The highest BCUT2D eigenvalue weighted by Crippen LogP contribution is 2.26. The number of rotatable bonds is 3. The van der Waals surface area contributed by atoms with Crippen molar-refractivity contribution in [3.8, 4) is 10.8 Å². The highest BCUT2D eigenvalue weighted by Gasteiger charge is 2.23. The van der Waals surface area contributed by atoms with E-state index in [9.17, 15) is 4.79 Å².